The van der Waals surface area contributed by atoms with E-state index in [0.717, 1.165) is 0 Å². The third-order valence-corrected chi connectivity index (χ3v) is 0.648. The van der Waals surface area contributed by atoms with E-state index in [1.165, 1.54) is 6.92 Å². The quantitative estimate of drug-likeness (QED) is 0.475. The molecule has 4 nitrogen and oxygen atoms in total. The summed E-state index contributed by atoms with van der Waals surface area (Å²) in [5.74, 6) is -3.03. The van der Waals surface area contributed by atoms with Crippen LogP contribution >= 0.6 is 0 Å². The van der Waals surface area contributed by atoms with Crippen molar-refractivity contribution in [2.45, 2.75) is 13.3 Å². The Bertz CT molecular complexity index is 163. The molecule has 5 heteroatoms. The van der Waals surface area contributed by atoms with E-state index in [1.54, 1.807) is 0 Å². The Morgan fingerprint density at radius 2 is 1.70 bits per heavy atom. The zero-order valence-corrected chi connectivity index (χ0v) is 6.72. The van der Waals surface area contributed by atoms with Gasteiger partial charge in [-0.2, -0.15) is 0 Å². The number of ketones is 2. The minimum atomic E-state index is -1.55. The van der Waals surface area contributed by atoms with Gasteiger partial charge in [0.2, 0.25) is 5.78 Å². The summed E-state index contributed by atoms with van der Waals surface area (Å²) >= 11 is 0. The molecule has 10 heavy (non-hydrogen) atoms. The maximum atomic E-state index is 10.1. The number of carbonyl (C=O) groups is 3. The van der Waals surface area contributed by atoms with Crippen molar-refractivity contribution >= 4 is 17.5 Å². The van der Waals surface area contributed by atoms with E-state index >= 15 is 0 Å². The molecule has 1 radical (unpaired) electrons. The molecule has 0 amide bonds. The van der Waals surface area contributed by atoms with Gasteiger partial charge in [-0.3, -0.25) is 9.59 Å². The predicted octanol–water partition coefficient (Wildman–Crippen LogP) is -0.383. The van der Waals surface area contributed by atoms with Crippen LogP contribution in [0.5, 0.6) is 0 Å². The van der Waals surface area contributed by atoms with Gasteiger partial charge >= 0.3 is 5.97 Å². The van der Waals surface area contributed by atoms with E-state index in [9.17, 15) is 14.4 Å². The fraction of sp³-hybridized carbons (Fsp3) is 0.400. The standard InChI is InChI=1S/C5H6O4.V/c1-3(6)2-4(7)5(8)9;/h2H2,1H3,(H,8,9);. The molecular formula is C5H6O4V. The van der Waals surface area contributed by atoms with Gasteiger partial charge in [-0.25, -0.2) is 4.79 Å². The first-order valence-electron chi connectivity index (χ1n) is 2.29. The van der Waals surface area contributed by atoms with Crippen LogP contribution in [0, 0.1) is 0 Å². The van der Waals surface area contributed by atoms with E-state index < -0.39 is 24.0 Å². The summed E-state index contributed by atoms with van der Waals surface area (Å²) in [7, 11) is 0. The molecule has 0 aliphatic carbocycles. The van der Waals surface area contributed by atoms with E-state index in [0.29, 0.717) is 0 Å². The fourth-order valence-corrected chi connectivity index (χ4v) is 0.302. The Kier molecular flexibility index (Phi) is 6.30. The average molecular weight is 181 g/mol. The molecule has 0 saturated carbocycles. The molecule has 1 N–H and O–H groups in total. The zero-order valence-electron chi connectivity index (χ0n) is 5.33. The summed E-state index contributed by atoms with van der Waals surface area (Å²) < 4.78 is 0. The number of carbonyl (C=O) groups excluding carboxylic acids is 2. The molecule has 0 unspecified atom stereocenters. The molecule has 0 atom stereocenters. The van der Waals surface area contributed by atoms with Crippen LogP contribution in [0.15, 0.2) is 0 Å². The second kappa shape index (κ2) is 5.20. The van der Waals surface area contributed by atoms with Gasteiger partial charge in [-0.1, -0.05) is 0 Å². The topological polar surface area (TPSA) is 71.4 Å². The smallest absolute Gasteiger partial charge is 0.372 e. The third kappa shape index (κ3) is 5.53. The van der Waals surface area contributed by atoms with Gasteiger partial charge in [0, 0.05) is 18.6 Å². The molecule has 0 rings (SSSR count). The van der Waals surface area contributed by atoms with Gasteiger partial charge < -0.3 is 5.11 Å². The van der Waals surface area contributed by atoms with Crippen molar-refractivity contribution in [1.82, 2.24) is 0 Å². The molecule has 0 spiro atoms. The maximum Gasteiger partial charge on any atom is 0.372 e. The largest absolute Gasteiger partial charge is 0.475 e. The molecule has 0 aliphatic heterocycles. The van der Waals surface area contributed by atoms with Gasteiger partial charge in [-0.05, 0) is 6.92 Å². The van der Waals surface area contributed by atoms with Crippen molar-refractivity contribution < 1.29 is 38.0 Å². The summed E-state index contributed by atoms with van der Waals surface area (Å²) in [5, 5.41) is 7.93. The molecule has 0 saturated heterocycles. The number of hydrogen-bond donors (Lipinski definition) is 1. The first-order chi connectivity index (χ1) is 4.04. The van der Waals surface area contributed by atoms with Gasteiger partial charge in [0.1, 0.15) is 5.78 Å². The molecule has 0 aromatic heterocycles. The summed E-state index contributed by atoms with van der Waals surface area (Å²) in [6, 6.07) is 0. The van der Waals surface area contributed by atoms with Crippen LogP contribution in [0.2, 0.25) is 0 Å². The van der Waals surface area contributed by atoms with Crippen molar-refractivity contribution in [1.29, 1.82) is 0 Å². The van der Waals surface area contributed by atoms with Crippen molar-refractivity contribution in [2.24, 2.45) is 0 Å². The summed E-state index contributed by atoms with van der Waals surface area (Å²) in [4.78, 5) is 29.9. The van der Waals surface area contributed by atoms with Crippen LogP contribution in [-0.2, 0) is 32.9 Å². The Morgan fingerprint density at radius 1 is 1.30 bits per heavy atom. The fourth-order valence-electron chi connectivity index (χ4n) is 0.302. The number of carboxylic acid groups (broad SMARTS) is 1. The van der Waals surface area contributed by atoms with E-state index in [4.69, 9.17) is 5.11 Å². The minimum Gasteiger partial charge on any atom is -0.475 e. The normalized spacial score (nSPS) is 7.70. The molecular weight excluding hydrogens is 175 g/mol. The van der Waals surface area contributed by atoms with Gasteiger partial charge in [0.25, 0.3) is 0 Å². The van der Waals surface area contributed by atoms with E-state index in [-0.39, 0.29) is 18.6 Å². The van der Waals surface area contributed by atoms with Crippen LogP contribution in [0.25, 0.3) is 0 Å². The Morgan fingerprint density at radius 3 is 1.80 bits per heavy atom. The molecule has 0 fully saturated rings. The average Bonchev–Trinajstić information content (AvgIpc) is 1.63. The molecule has 0 aromatic rings. The van der Waals surface area contributed by atoms with Crippen LogP contribution in [0.1, 0.15) is 13.3 Å². The zero-order chi connectivity index (χ0) is 7.44. The van der Waals surface area contributed by atoms with Crippen molar-refractivity contribution in [2.75, 3.05) is 0 Å². The SMILES string of the molecule is CC(=O)CC(=O)C(=O)O.[V]. The predicted molar refractivity (Wildman–Crippen MR) is 27.9 cm³/mol. The van der Waals surface area contributed by atoms with Crippen LogP contribution in [0.4, 0.5) is 0 Å². The Balaban J connectivity index is 0. The second-order valence-electron chi connectivity index (χ2n) is 1.61. The Hall–Kier alpha value is -0.606. The van der Waals surface area contributed by atoms with Crippen molar-refractivity contribution in [3.05, 3.63) is 0 Å². The Labute approximate surface area is 69.5 Å². The van der Waals surface area contributed by atoms with Crippen molar-refractivity contribution in [3.63, 3.8) is 0 Å². The first kappa shape index (κ1) is 12.1. The van der Waals surface area contributed by atoms with Crippen LogP contribution in [-0.4, -0.2) is 22.6 Å². The number of hydrogen-bond acceptors (Lipinski definition) is 3. The molecule has 0 heterocycles. The summed E-state index contributed by atoms with van der Waals surface area (Å²) in [6.45, 7) is 1.17. The summed E-state index contributed by atoms with van der Waals surface area (Å²) in [6.07, 6.45) is -0.505. The maximum absolute atomic E-state index is 10.1. The summed E-state index contributed by atoms with van der Waals surface area (Å²) in [5.41, 5.74) is 0. The van der Waals surface area contributed by atoms with Crippen LogP contribution in [0.3, 0.4) is 0 Å². The first-order valence-corrected chi connectivity index (χ1v) is 2.29. The number of aliphatic carboxylic acids is 1. The van der Waals surface area contributed by atoms with E-state index in [1.807, 2.05) is 0 Å². The van der Waals surface area contributed by atoms with Crippen LogP contribution < -0.4 is 0 Å². The molecule has 0 aliphatic rings. The number of rotatable bonds is 3. The second-order valence-corrected chi connectivity index (χ2v) is 1.61. The van der Waals surface area contributed by atoms with Gasteiger partial charge in [0.15, 0.2) is 0 Å². The van der Waals surface area contributed by atoms with Crippen molar-refractivity contribution in [3.8, 4) is 0 Å². The molecule has 0 aromatic carbocycles. The van der Waals surface area contributed by atoms with E-state index in [2.05, 4.69) is 0 Å². The molecule has 0 bridgehead atoms. The number of Topliss-reactive ketones (excluding diaryl/α,β-unsaturated/α-hetero) is 2. The molecule has 55 valence electrons. The van der Waals surface area contributed by atoms with Gasteiger partial charge in [0.05, 0.1) is 6.42 Å². The minimum absolute atomic E-state index is 0. The number of carboxylic acids is 1. The monoisotopic (exact) mass is 181 g/mol. The third-order valence-electron chi connectivity index (χ3n) is 0.648. The van der Waals surface area contributed by atoms with Gasteiger partial charge in [-0.15, -0.1) is 0 Å².